The fraction of sp³-hybridized carbons (Fsp3) is 0.269. The number of hydrogen-bond acceptors (Lipinski definition) is 6. The first-order chi connectivity index (χ1) is 17.0. The number of amides is 2. The molecule has 1 fully saturated rings. The Morgan fingerprint density at radius 3 is 2.66 bits per heavy atom. The molecule has 9 heteroatoms. The molecule has 0 aliphatic carbocycles. The summed E-state index contributed by atoms with van der Waals surface area (Å²) in [6, 6.07) is 15.9. The predicted octanol–water partition coefficient (Wildman–Crippen LogP) is 4.51. The van der Waals surface area contributed by atoms with E-state index in [2.05, 4.69) is 25.8 Å². The number of anilines is 1. The molecule has 1 atom stereocenters. The molecule has 0 saturated carbocycles. The summed E-state index contributed by atoms with van der Waals surface area (Å²) < 4.78 is 2.06. The lowest BCUT2D eigenvalue weighted by molar-refractivity contribution is -0.117. The summed E-state index contributed by atoms with van der Waals surface area (Å²) in [5.41, 5.74) is 1.89. The van der Waals surface area contributed by atoms with E-state index < -0.39 is 0 Å². The molecule has 4 aromatic rings. The Balaban J connectivity index is 1.18. The smallest absolute Gasteiger partial charge is 0.261 e. The van der Waals surface area contributed by atoms with E-state index in [1.54, 1.807) is 17.5 Å². The first-order valence-corrected chi connectivity index (χ1v) is 13.2. The van der Waals surface area contributed by atoms with Gasteiger partial charge in [-0.15, -0.1) is 22.7 Å². The van der Waals surface area contributed by atoms with Crippen LogP contribution in [0.3, 0.4) is 0 Å². The Morgan fingerprint density at radius 2 is 1.91 bits per heavy atom. The van der Waals surface area contributed by atoms with Crippen molar-refractivity contribution in [1.29, 1.82) is 0 Å². The zero-order chi connectivity index (χ0) is 24.4. The van der Waals surface area contributed by atoms with E-state index in [-0.39, 0.29) is 17.7 Å². The normalized spacial score (nSPS) is 15.8. The second kappa shape index (κ2) is 10.2. The molecular formula is C26H27N5O2S2. The second-order valence-electron chi connectivity index (χ2n) is 8.89. The number of carbonyl (C=O) groups is 2. The van der Waals surface area contributed by atoms with Crippen LogP contribution in [-0.4, -0.2) is 53.5 Å². The Bertz CT molecular complexity index is 1310. The number of thiophene rings is 2. The lowest BCUT2D eigenvalue weighted by Gasteiger charge is -2.18. The van der Waals surface area contributed by atoms with E-state index in [9.17, 15) is 9.59 Å². The molecule has 0 radical (unpaired) electrons. The Kier molecular flexibility index (Phi) is 6.81. The van der Waals surface area contributed by atoms with E-state index in [4.69, 9.17) is 0 Å². The predicted molar refractivity (Wildman–Crippen MR) is 141 cm³/mol. The van der Waals surface area contributed by atoms with Crippen LogP contribution in [0.2, 0.25) is 0 Å². The molecule has 7 nitrogen and oxygen atoms in total. The standard InChI is InChI=1S/C26H27N5O2S2/c1-29(2)17-24-27-11-12-30(24)19-5-7-20(8-6-19)31-16-18(14-25(31)32)15-28-26(33)23-10-9-22(35-23)21-4-3-13-34-21/h3-13,18H,14-17H2,1-2H3,(H,28,33). The van der Waals surface area contributed by atoms with Crippen LogP contribution >= 0.6 is 22.7 Å². The molecule has 5 rings (SSSR count). The fourth-order valence-corrected chi connectivity index (χ4v) is 6.02. The van der Waals surface area contributed by atoms with Gasteiger partial charge in [0.1, 0.15) is 5.82 Å². The van der Waals surface area contributed by atoms with Crippen molar-refractivity contribution < 1.29 is 9.59 Å². The van der Waals surface area contributed by atoms with Crippen molar-refractivity contribution in [2.45, 2.75) is 13.0 Å². The summed E-state index contributed by atoms with van der Waals surface area (Å²) in [5.74, 6) is 1.05. The zero-order valence-electron chi connectivity index (χ0n) is 19.7. The van der Waals surface area contributed by atoms with Gasteiger partial charge in [0.15, 0.2) is 0 Å². The fourth-order valence-electron chi connectivity index (χ4n) is 4.27. The van der Waals surface area contributed by atoms with Gasteiger partial charge in [-0.25, -0.2) is 4.98 Å². The molecule has 1 saturated heterocycles. The quantitative estimate of drug-likeness (QED) is 0.383. The molecule has 1 N–H and O–H groups in total. The average molecular weight is 506 g/mol. The van der Waals surface area contributed by atoms with Crippen LogP contribution in [0.25, 0.3) is 15.4 Å². The van der Waals surface area contributed by atoms with E-state index in [0.717, 1.165) is 28.6 Å². The summed E-state index contributed by atoms with van der Waals surface area (Å²) in [6.07, 6.45) is 4.18. The van der Waals surface area contributed by atoms with Crippen molar-refractivity contribution in [3.05, 3.63) is 77.0 Å². The lowest BCUT2D eigenvalue weighted by Crippen LogP contribution is -2.30. The summed E-state index contributed by atoms with van der Waals surface area (Å²) >= 11 is 3.16. The number of benzene rings is 1. The third kappa shape index (κ3) is 5.22. The Labute approximate surface area is 212 Å². The van der Waals surface area contributed by atoms with Crippen molar-refractivity contribution >= 4 is 40.2 Å². The van der Waals surface area contributed by atoms with Gasteiger partial charge in [-0.05, 0) is 61.9 Å². The number of imidazole rings is 1. The van der Waals surface area contributed by atoms with Crippen LogP contribution in [0.5, 0.6) is 0 Å². The van der Waals surface area contributed by atoms with E-state index >= 15 is 0 Å². The highest BCUT2D eigenvalue weighted by Gasteiger charge is 2.31. The summed E-state index contributed by atoms with van der Waals surface area (Å²) in [7, 11) is 4.03. The van der Waals surface area contributed by atoms with E-state index in [1.165, 1.54) is 16.2 Å². The van der Waals surface area contributed by atoms with Crippen LogP contribution in [0.1, 0.15) is 21.9 Å². The first-order valence-electron chi connectivity index (χ1n) is 11.5. The van der Waals surface area contributed by atoms with Crippen LogP contribution in [-0.2, 0) is 11.3 Å². The minimum Gasteiger partial charge on any atom is -0.351 e. The lowest BCUT2D eigenvalue weighted by atomic mass is 10.1. The SMILES string of the molecule is CN(C)Cc1nccn1-c1ccc(N2CC(CNC(=O)c3ccc(-c4cccs4)s3)CC2=O)cc1. The molecule has 4 heterocycles. The van der Waals surface area contributed by atoms with Gasteiger partial charge in [0, 0.05) is 59.0 Å². The van der Waals surface area contributed by atoms with Crippen molar-refractivity contribution in [1.82, 2.24) is 19.8 Å². The average Bonchev–Trinajstić information content (AvgIpc) is 3.64. The van der Waals surface area contributed by atoms with Gasteiger partial charge < -0.3 is 19.7 Å². The monoisotopic (exact) mass is 505 g/mol. The molecule has 1 unspecified atom stereocenters. The number of hydrogen-bond donors (Lipinski definition) is 1. The van der Waals surface area contributed by atoms with Gasteiger partial charge in [-0.2, -0.15) is 0 Å². The zero-order valence-corrected chi connectivity index (χ0v) is 21.3. The number of rotatable bonds is 8. The van der Waals surface area contributed by atoms with Crippen molar-refractivity contribution in [2.75, 3.05) is 32.1 Å². The molecule has 1 aliphatic heterocycles. The topological polar surface area (TPSA) is 70.5 Å². The third-order valence-electron chi connectivity index (χ3n) is 5.96. The van der Waals surface area contributed by atoms with Crippen molar-refractivity contribution in [3.63, 3.8) is 0 Å². The Morgan fingerprint density at radius 1 is 1.11 bits per heavy atom. The molecule has 35 heavy (non-hydrogen) atoms. The van der Waals surface area contributed by atoms with Crippen LogP contribution in [0, 0.1) is 5.92 Å². The molecule has 1 aliphatic rings. The molecule has 2 amide bonds. The van der Waals surface area contributed by atoms with Crippen LogP contribution < -0.4 is 10.2 Å². The number of nitrogens with one attached hydrogen (secondary N) is 1. The third-order valence-corrected chi connectivity index (χ3v) is 8.11. The highest BCUT2D eigenvalue weighted by molar-refractivity contribution is 7.22. The second-order valence-corrected chi connectivity index (χ2v) is 10.9. The maximum absolute atomic E-state index is 12.7. The molecule has 3 aromatic heterocycles. The maximum Gasteiger partial charge on any atom is 0.261 e. The number of carbonyl (C=O) groups excluding carboxylic acids is 2. The van der Waals surface area contributed by atoms with Crippen molar-refractivity contribution in [2.24, 2.45) is 5.92 Å². The molecule has 0 bridgehead atoms. The van der Waals surface area contributed by atoms with Crippen molar-refractivity contribution in [3.8, 4) is 15.4 Å². The summed E-state index contributed by atoms with van der Waals surface area (Å²) in [6.45, 7) is 1.82. The number of aromatic nitrogens is 2. The molecule has 180 valence electrons. The highest BCUT2D eigenvalue weighted by atomic mass is 32.1. The number of nitrogens with zero attached hydrogens (tertiary/aromatic N) is 4. The highest BCUT2D eigenvalue weighted by Crippen LogP contribution is 2.31. The van der Waals surface area contributed by atoms with Crippen LogP contribution in [0.4, 0.5) is 5.69 Å². The molecular weight excluding hydrogens is 478 g/mol. The minimum atomic E-state index is -0.0816. The first kappa shape index (κ1) is 23.5. The maximum atomic E-state index is 12.7. The summed E-state index contributed by atoms with van der Waals surface area (Å²) in [4.78, 5) is 36.7. The molecule has 0 spiro atoms. The Hall–Kier alpha value is -3.27. The largest absolute Gasteiger partial charge is 0.351 e. The van der Waals surface area contributed by atoms with Gasteiger partial charge in [-0.1, -0.05) is 6.07 Å². The van der Waals surface area contributed by atoms with Crippen LogP contribution in [0.15, 0.2) is 66.3 Å². The van der Waals surface area contributed by atoms with Gasteiger partial charge in [0.05, 0.1) is 11.4 Å². The minimum absolute atomic E-state index is 0.0816. The van der Waals surface area contributed by atoms with E-state index in [0.29, 0.717) is 24.4 Å². The van der Waals surface area contributed by atoms with E-state index in [1.807, 2.05) is 73.0 Å². The van der Waals surface area contributed by atoms with Gasteiger partial charge >= 0.3 is 0 Å². The molecule has 1 aromatic carbocycles. The van der Waals surface area contributed by atoms with Gasteiger partial charge in [-0.3, -0.25) is 9.59 Å². The van der Waals surface area contributed by atoms with Gasteiger partial charge in [0.25, 0.3) is 5.91 Å². The summed E-state index contributed by atoms with van der Waals surface area (Å²) in [5, 5.41) is 5.06. The van der Waals surface area contributed by atoms with Gasteiger partial charge in [0.2, 0.25) is 5.91 Å².